The second-order valence-electron chi connectivity index (χ2n) is 7.36. The number of nitrogens with zero attached hydrogens (tertiary/aromatic N) is 2. The first kappa shape index (κ1) is 23.5. The number of carbonyl (C=O) groups is 1. The van der Waals surface area contributed by atoms with E-state index in [0.717, 1.165) is 47.5 Å². The molecular formula is C24H20FN3O4S2. The summed E-state index contributed by atoms with van der Waals surface area (Å²) in [5.41, 5.74) is 2.55. The lowest BCUT2D eigenvalue weighted by Gasteiger charge is -2.06. The molecule has 1 amide bonds. The molecule has 0 unspecified atom stereocenters. The highest BCUT2D eigenvalue weighted by Gasteiger charge is 2.20. The quantitative estimate of drug-likeness (QED) is 0.193. The number of ether oxygens (including phenoxy) is 1. The Balaban J connectivity index is 1.62. The Morgan fingerprint density at radius 1 is 1.09 bits per heavy atom. The van der Waals surface area contributed by atoms with E-state index in [9.17, 15) is 19.3 Å². The molecule has 174 valence electrons. The minimum atomic E-state index is -0.540. The standard InChI is InChI=1S/C24H20FN3O4S2/c1-2-3-4-15-5-7-16(8-6-15)21-23(32-18-11-9-17(25)10-12-18)34-24(26-21)27-22(29)19-13-14-20(33-19)28(30)31/h5-14H,2-4H2,1H3,(H,26,27,29). The Morgan fingerprint density at radius 3 is 2.47 bits per heavy atom. The number of nitro groups is 1. The summed E-state index contributed by atoms with van der Waals surface area (Å²) >= 11 is 1.91. The van der Waals surface area contributed by atoms with Gasteiger partial charge in [0.15, 0.2) is 5.13 Å². The Morgan fingerprint density at radius 2 is 1.82 bits per heavy atom. The number of amides is 1. The van der Waals surface area contributed by atoms with Crippen LogP contribution in [0.25, 0.3) is 11.3 Å². The van der Waals surface area contributed by atoms with Gasteiger partial charge in [0.25, 0.3) is 5.91 Å². The van der Waals surface area contributed by atoms with Crippen LogP contribution in [0.1, 0.15) is 35.0 Å². The molecule has 0 aliphatic rings. The number of unbranched alkanes of at least 4 members (excludes halogenated alkanes) is 1. The molecular weight excluding hydrogens is 477 g/mol. The monoisotopic (exact) mass is 497 g/mol. The first-order valence-corrected chi connectivity index (χ1v) is 12.2. The fourth-order valence-electron chi connectivity index (χ4n) is 3.14. The molecule has 10 heteroatoms. The number of thiazole rings is 1. The fourth-order valence-corrected chi connectivity index (χ4v) is 4.71. The number of anilines is 1. The number of hydrogen-bond acceptors (Lipinski definition) is 7. The van der Waals surface area contributed by atoms with Crippen molar-refractivity contribution in [3.05, 3.63) is 87.0 Å². The molecule has 2 heterocycles. The molecule has 2 aromatic heterocycles. The minimum Gasteiger partial charge on any atom is -0.444 e. The van der Waals surface area contributed by atoms with Crippen LogP contribution in [-0.4, -0.2) is 15.8 Å². The lowest BCUT2D eigenvalue weighted by molar-refractivity contribution is -0.380. The molecule has 7 nitrogen and oxygen atoms in total. The van der Waals surface area contributed by atoms with E-state index in [-0.39, 0.29) is 20.8 Å². The number of benzene rings is 2. The zero-order chi connectivity index (χ0) is 24.1. The average molecular weight is 498 g/mol. The van der Waals surface area contributed by atoms with Gasteiger partial charge in [-0.15, -0.1) is 0 Å². The van der Waals surface area contributed by atoms with E-state index < -0.39 is 10.8 Å². The number of nitrogens with one attached hydrogen (secondary N) is 1. The van der Waals surface area contributed by atoms with Gasteiger partial charge in [-0.3, -0.25) is 20.2 Å². The maximum Gasteiger partial charge on any atom is 0.324 e. The van der Waals surface area contributed by atoms with E-state index in [2.05, 4.69) is 17.2 Å². The van der Waals surface area contributed by atoms with Gasteiger partial charge in [-0.2, -0.15) is 0 Å². The van der Waals surface area contributed by atoms with E-state index in [4.69, 9.17) is 4.74 Å². The molecule has 1 N–H and O–H groups in total. The van der Waals surface area contributed by atoms with Crippen molar-refractivity contribution in [2.24, 2.45) is 0 Å². The molecule has 0 spiro atoms. The van der Waals surface area contributed by atoms with Crippen molar-refractivity contribution >= 4 is 38.7 Å². The molecule has 34 heavy (non-hydrogen) atoms. The minimum absolute atomic E-state index is 0.117. The summed E-state index contributed by atoms with van der Waals surface area (Å²) in [5.74, 6) is -0.447. The van der Waals surface area contributed by atoms with Crippen LogP contribution in [0.15, 0.2) is 60.7 Å². The van der Waals surface area contributed by atoms with Gasteiger partial charge in [0, 0.05) is 11.6 Å². The molecule has 0 saturated carbocycles. The van der Waals surface area contributed by atoms with Crippen LogP contribution in [0.5, 0.6) is 10.8 Å². The zero-order valence-electron chi connectivity index (χ0n) is 18.1. The Hall–Kier alpha value is -3.63. The van der Waals surface area contributed by atoms with Crippen molar-refractivity contribution in [3.63, 3.8) is 0 Å². The van der Waals surface area contributed by atoms with Crippen molar-refractivity contribution in [1.29, 1.82) is 0 Å². The van der Waals surface area contributed by atoms with E-state index in [1.807, 2.05) is 24.3 Å². The van der Waals surface area contributed by atoms with E-state index in [1.54, 1.807) is 0 Å². The molecule has 0 radical (unpaired) electrons. The summed E-state index contributed by atoms with van der Waals surface area (Å²) in [5, 5.41) is 14.2. The highest BCUT2D eigenvalue weighted by molar-refractivity contribution is 7.19. The molecule has 2 aromatic carbocycles. The van der Waals surface area contributed by atoms with Gasteiger partial charge in [-0.05, 0) is 48.7 Å². The molecule has 4 rings (SSSR count). The molecule has 0 atom stereocenters. The van der Waals surface area contributed by atoms with Crippen molar-refractivity contribution in [2.75, 3.05) is 5.32 Å². The van der Waals surface area contributed by atoms with Gasteiger partial charge in [0.05, 0.1) is 9.80 Å². The van der Waals surface area contributed by atoms with Gasteiger partial charge in [0.1, 0.15) is 17.3 Å². The maximum atomic E-state index is 13.3. The Kier molecular flexibility index (Phi) is 7.29. The number of thiophene rings is 1. The summed E-state index contributed by atoms with van der Waals surface area (Å²) in [7, 11) is 0. The maximum absolute atomic E-state index is 13.3. The number of rotatable bonds is 9. The number of halogens is 1. The Bertz CT molecular complexity index is 1300. The van der Waals surface area contributed by atoms with Gasteiger partial charge in [-0.25, -0.2) is 9.37 Å². The third-order valence-corrected chi connectivity index (χ3v) is 6.77. The van der Waals surface area contributed by atoms with E-state index in [1.165, 1.54) is 42.0 Å². The summed E-state index contributed by atoms with van der Waals surface area (Å²) in [4.78, 5) is 27.7. The van der Waals surface area contributed by atoms with Gasteiger partial charge in [0.2, 0.25) is 5.06 Å². The van der Waals surface area contributed by atoms with Crippen LogP contribution in [-0.2, 0) is 6.42 Å². The number of hydrogen-bond donors (Lipinski definition) is 1. The normalized spacial score (nSPS) is 10.8. The molecule has 0 saturated heterocycles. The molecule has 0 aliphatic heterocycles. The second kappa shape index (κ2) is 10.5. The lowest BCUT2D eigenvalue weighted by atomic mass is 10.1. The highest BCUT2D eigenvalue weighted by Crippen LogP contribution is 2.41. The molecule has 0 aliphatic carbocycles. The second-order valence-corrected chi connectivity index (χ2v) is 9.38. The average Bonchev–Trinajstić information content (AvgIpc) is 3.47. The number of carbonyl (C=O) groups excluding carboxylic acids is 1. The molecule has 0 bridgehead atoms. The highest BCUT2D eigenvalue weighted by atomic mass is 32.1. The van der Waals surface area contributed by atoms with Crippen LogP contribution in [0.4, 0.5) is 14.5 Å². The zero-order valence-corrected chi connectivity index (χ0v) is 19.7. The van der Waals surface area contributed by atoms with Crippen molar-refractivity contribution in [1.82, 2.24) is 4.98 Å². The smallest absolute Gasteiger partial charge is 0.324 e. The number of aryl methyl sites for hydroxylation is 1. The van der Waals surface area contributed by atoms with E-state index >= 15 is 0 Å². The summed E-state index contributed by atoms with van der Waals surface area (Å²) < 4.78 is 19.3. The van der Waals surface area contributed by atoms with Crippen molar-refractivity contribution < 1.29 is 18.8 Å². The third-order valence-electron chi connectivity index (χ3n) is 4.88. The first-order valence-electron chi connectivity index (χ1n) is 10.5. The van der Waals surface area contributed by atoms with Crippen LogP contribution < -0.4 is 10.1 Å². The predicted octanol–water partition coefficient (Wildman–Crippen LogP) is 7.31. The van der Waals surface area contributed by atoms with Crippen LogP contribution in [0.2, 0.25) is 0 Å². The van der Waals surface area contributed by atoms with Crippen LogP contribution >= 0.6 is 22.7 Å². The topological polar surface area (TPSA) is 94.4 Å². The Labute approximate surface area is 203 Å². The molecule has 0 fully saturated rings. The molecule has 4 aromatic rings. The van der Waals surface area contributed by atoms with Crippen molar-refractivity contribution in [2.45, 2.75) is 26.2 Å². The fraction of sp³-hybridized carbons (Fsp3) is 0.167. The van der Waals surface area contributed by atoms with Gasteiger partial charge >= 0.3 is 5.00 Å². The SMILES string of the molecule is CCCCc1ccc(-c2nc(NC(=O)c3ccc([N+](=O)[O-])s3)sc2Oc2ccc(F)cc2)cc1. The largest absolute Gasteiger partial charge is 0.444 e. The van der Waals surface area contributed by atoms with Gasteiger partial charge in [-0.1, -0.05) is 60.3 Å². The number of aromatic nitrogens is 1. The summed E-state index contributed by atoms with van der Waals surface area (Å²) in [6, 6.07) is 16.3. The van der Waals surface area contributed by atoms with Crippen LogP contribution in [0, 0.1) is 15.9 Å². The first-order chi connectivity index (χ1) is 16.4. The third kappa shape index (κ3) is 5.64. The lowest BCUT2D eigenvalue weighted by Crippen LogP contribution is -2.09. The van der Waals surface area contributed by atoms with Crippen molar-refractivity contribution in [3.8, 4) is 22.1 Å². The van der Waals surface area contributed by atoms with E-state index in [0.29, 0.717) is 16.5 Å². The summed E-state index contributed by atoms with van der Waals surface area (Å²) in [6.45, 7) is 2.15. The summed E-state index contributed by atoms with van der Waals surface area (Å²) in [6.07, 6.45) is 3.20. The predicted molar refractivity (Wildman–Crippen MR) is 132 cm³/mol. The van der Waals surface area contributed by atoms with Gasteiger partial charge < -0.3 is 4.74 Å². The van der Waals surface area contributed by atoms with Crippen LogP contribution in [0.3, 0.4) is 0 Å².